The topological polar surface area (TPSA) is 131 Å². The minimum atomic E-state index is -1.16. The molecule has 0 fully saturated rings. The standard InChI is InChI=1S/C24H25ClFN5O3S/c1-13(2)11-12-29-23(33)20(14-3-5-15(25)6-4-14)31(17-9-7-16(26)8-10-17)24(34)21-18(27)19(22(28)32)30-35-21/h3-10,13,20H,11-12,27H2,1-2H3,(H2,28,32)(H,29,33)/t20-/m1/s1. The molecule has 3 aromatic rings. The molecule has 0 aliphatic heterocycles. The third kappa shape index (κ3) is 6.14. The van der Waals surface area contributed by atoms with E-state index in [2.05, 4.69) is 9.69 Å². The second-order valence-electron chi connectivity index (χ2n) is 8.22. The minimum absolute atomic E-state index is 0.0722. The van der Waals surface area contributed by atoms with E-state index < -0.39 is 29.6 Å². The molecule has 1 atom stereocenters. The van der Waals surface area contributed by atoms with E-state index in [0.29, 0.717) is 34.6 Å². The average molecular weight is 518 g/mol. The molecule has 0 unspecified atom stereocenters. The number of rotatable bonds is 9. The molecular formula is C24H25ClFN5O3S. The largest absolute Gasteiger partial charge is 0.395 e. The van der Waals surface area contributed by atoms with Crippen LogP contribution in [0.2, 0.25) is 5.02 Å². The summed E-state index contributed by atoms with van der Waals surface area (Å²) in [6.07, 6.45) is 0.730. The molecule has 0 radical (unpaired) electrons. The van der Waals surface area contributed by atoms with Crippen LogP contribution in [0, 0.1) is 11.7 Å². The summed E-state index contributed by atoms with van der Waals surface area (Å²) in [4.78, 5) is 40.1. The zero-order chi connectivity index (χ0) is 25.7. The molecule has 0 bridgehead atoms. The second kappa shape index (κ2) is 11.3. The van der Waals surface area contributed by atoms with Crippen LogP contribution >= 0.6 is 23.1 Å². The van der Waals surface area contributed by atoms with Crippen molar-refractivity contribution in [1.29, 1.82) is 0 Å². The lowest BCUT2D eigenvalue weighted by molar-refractivity contribution is -0.122. The average Bonchev–Trinajstić information content (AvgIpc) is 3.20. The molecule has 0 saturated carbocycles. The fourth-order valence-electron chi connectivity index (χ4n) is 3.37. The number of hydrogen-bond acceptors (Lipinski definition) is 6. The lowest BCUT2D eigenvalue weighted by Crippen LogP contribution is -2.44. The van der Waals surface area contributed by atoms with Gasteiger partial charge in [0.2, 0.25) is 5.91 Å². The number of nitrogens with zero attached hydrogens (tertiary/aromatic N) is 2. The van der Waals surface area contributed by atoms with Crippen molar-refractivity contribution in [3.8, 4) is 0 Å². The Morgan fingerprint density at radius 3 is 2.29 bits per heavy atom. The summed E-state index contributed by atoms with van der Waals surface area (Å²) in [6.45, 7) is 4.45. The van der Waals surface area contributed by atoms with Gasteiger partial charge in [0.05, 0.1) is 5.69 Å². The van der Waals surface area contributed by atoms with Crippen LogP contribution in [0.15, 0.2) is 48.5 Å². The summed E-state index contributed by atoms with van der Waals surface area (Å²) in [5.41, 5.74) is 11.6. The first-order chi connectivity index (χ1) is 16.6. The maximum Gasteiger partial charge on any atom is 0.273 e. The van der Waals surface area contributed by atoms with E-state index in [1.165, 1.54) is 29.2 Å². The molecule has 5 N–H and O–H groups in total. The lowest BCUT2D eigenvalue weighted by Gasteiger charge is -2.31. The highest BCUT2D eigenvalue weighted by atomic mass is 35.5. The van der Waals surface area contributed by atoms with Gasteiger partial charge in [-0.2, -0.15) is 4.37 Å². The van der Waals surface area contributed by atoms with Gasteiger partial charge in [-0.15, -0.1) is 0 Å². The van der Waals surface area contributed by atoms with Gasteiger partial charge in [-0.3, -0.25) is 19.3 Å². The number of aromatic nitrogens is 1. The third-order valence-corrected chi connectivity index (χ3v) is 6.30. The summed E-state index contributed by atoms with van der Waals surface area (Å²) in [5.74, 6) is -2.20. The van der Waals surface area contributed by atoms with Gasteiger partial charge in [-0.05, 0) is 65.8 Å². The Bertz CT molecular complexity index is 1210. The van der Waals surface area contributed by atoms with Crippen molar-refractivity contribution in [2.75, 3.05) is 17.2 Å². The SMILES string of the molecule is CC(C)CCNC(=O)[C@@H](c1ccc(Cl)cc1)N(C(=O)c1snc(C(N)=O)c1N)c1ccc(F)cc1. The van der Waals surface area contributed by atoms with E-state index in [1.54, 1.807) is 24.3 Å². The number of hydrogen-bond donors (Lipinski definition) is 3. The van der Waals surface area contributed by atoms with E-state index in [1.807, 2.05) is 13.8 Å². The Morgan fingerprint density at radius 2 is 1.74 bits per heavy atom. The molecule has 11 heteroatoms. The number of nitrogen functional groups attached to an aromatic ring is 1. The number of halogens is 2. The lowest BCUT2D eigenvalue weighted by atomic mass is 10.0. The summed E-state index contributed by atoms with van der Waals surface area (Å²) in [6, 6.07) is 10.4. The van der Waals surface area contributed by atoms with Gasteiger partial charge in [0.25, 0.3) is 11.8 Å². The van der Waals surface area contributed by atoms with Gasteiger partial charge in [0.15, 0.2) is 5.69 Å². The summed E-state index contributed by atoms with van der Waals surface area (Å²) in [7, 11) is 0. The summed E-state index contributed by atoms with van der Waals surface area (Å²) in [5, 5.41) is 3.32. The Labute approximate surface area is 211 Å². The van der Waals surface area contributed by atoms with E-state index in [-0.39, 0.29) is 21.9 Å². The molecule has 1 heterocycles. The Balaban J connectivity index is 2.14. The van der Waals surface area contributed by atoms with E-state index in [9.17, 15) is 18.8 Å². The maximum absolute atomic E-state index is 13.8. The first-order valence-electron chi connectivity index (χ1n) is 10.8. The molecule has 1 aromatic heterocycles. The van der Waals surface area contributed by atoms with Crippen LogP contribution in [-0.4, -0.2) is 28.6 Å². The van der Waals surface area contributed by atoms with E-state index in [4.69, 9.17) is 23.1 Å². The molecule has 2 aromatic carbocycles. The molecule has 35 heavy (non-hydrogen) atoms. The van der Waals surface area contributed by atoms with Gasteiger partial charge < -0.3 is 16.8 Å². The van der Waals surface area contributed by atoms with Crippen LogP contribution in [0.4, 0.5) is 15.8 Å². The third-order valence-electron chi connectivity index (χ3n) is 5.19. The van der Waals surface area contributed by atoms with Crippen molar-refractivity contribution in [1.82, 2.24) is 9.69 Å². The van der Waals surface area contributed by atoms with Gasteiger partial charge in [0, 0.05) is 17.3 Å². The van der Waals surface area contributed by atoms with Gasteiger partial charge >= 0.3 is 0 Å². The molecule has 184 valence electrons. The van der Waals surface area contributed by atoms with E-state index in [0.717, 1.165) is 6.42 Å². The highest BCUT2D eigenvalue weighted by Gasteiger charge is 2.36. The van der Waals surface area contributed by atoms with Crippen molar-refractivity contribution in [3.05, 3.63) is 75.5 Å². The van der Waals surface area contributed by atoms with Crippen LogP contribution in [-0.2, 0) is 4.79 Å². The number of nitrogens with two attached hydrogens (primary N) is 2. The van der Waals surface area contributed by atoms with Crippen LogP contribution in [0.3, 0.4) is 0 Å². The number of nitrogens with one attached hydrogen (secondary N) is 1. The normalized spacial score (nSPS) is 11.8. The monoisotopic (exact) mass is 517 g/mol. The quantitative estimate of drug-likeness (QED) is 0.392. The number of amides is 3. The van der Waals surface area contributed by atoms with E-state index >= 15 is 0 Å². The van der Waals surface area contributed by atoms with Crippen molar-refractivity contribution in [2.45, 2.75) is 26.3 Å². The fourth-order valence-corrected chi connectivity index (χ4v) is 4.24. The smallest absolute Gasteiger partial charge is 0.273 e. The molecule has 3 amide bonds. The number of carbonyl (C=O) groups excluding carboxylic acids is 3. The second-order valence-corrected chi connectivity index (χ2v) is 9.43. The Hall–Kier alpha value is -3.50. The molecule has 8 nitrogen and oxygen atoms in total. The predicted octanol–water partition coefficient (Wildman–Crippen LogP) is 4.17. The first-order valence-corrected chi connectivity index (χ1v) is 11.9. The highest BCUT2D eigenvalue weighted by molar-refractivity contribution is 7.09. The Kier molecular flexibility index (Phi) is 8.42. The van der Waals surface area contributed by atoms with Crippen LogP contribution in [0.25, 0.3) is 0 Å². The van der Waals surface area contributed by atoms with Crippen LogP contribution in [0.5, 0.6) is 0 Å². The maximum atomic E-state index is 13.8. The summed E-state index contributed by atoms with van der Waals surface area (Å²) >= 11 is 6.74. The molecule has 0 saturated heterocycles. The number of primary amides is 1. The highest BCUT2D eigenvalue weighted by Crippen LogP contribution is 2.33. The van der Waals surface area contributed by atoms with Crippen molar-refractivity contribution < 1.29 is 18.8 Å². The van der Waals surface area contributed by atoms with Crippen molar-refractivity contribution >= 4 is 52.2 Å². The Morgan fingerprint density at radius 1 is 1.11 bits per heavy atom. The summed E-state index contributed by atoms with van der Waals surface area (Å²) < 4.78 is 17.6. The van der Waals surface area contributed by atoms with Crippen LogP contribution in [0.1, 0.15) is 52.0 Å². The van der Waals surface area contributed by atoms with Crippen molar-refractivity contribution in [2.24, 2.45) is 11.7 Å². The predicted molar refractivity (Wildman–Crippen MR) is 135 cm³/mol. The molecule has 3 rings (SSSR count). The zero-order valence-electron chi connectivity index (χ0n) is 19.1. The number of anilines is 2. The van der Waals surface area contributed by atoms with Gasteiger partial charge in [-0.1, -0.05) is 37.6 Å². The molecular weight excluding hydrogens is 493 g/mol. The zero-order valence-corrected chi connectivity index (χ0v) is 20.7. The minimum Gasteiger partial charge on any atom is -0.395 e. The molecule has 0 spiro atoms. The molecule has 0 aliphatic carbocycles. The first kappa shape index (κ1) is 26.1. The fraction of sp³-hybridized carbons (Fsp3) is 0.250. The van der Waals surface area contributed by atoms with Gasteiger partial charge in [0.1, 0.15) is 16.7 Å². The number of carbonyl (C=O) groups is 3. The number of benzene rings is 2. The van der Waals surface area contributed by atoms with Crippen LogP contribution < -0.4 is 21.7 Å². The van der Waals surface area contributed by atoms with Crippen molar-refractivity contribution in [3.63, 3.8) is 0 Å². The molecule has 0 aliphatic rings. The van der Waals surface area contributed by atoms with Gasteiger partial charge in [-0.25, -0.2) is 4.39 Å².